The third-order valence-corrected chi connectivity index (χ3v) is 5.32. The maximum Gasteiger partial charge on any atom is 0.327 e. The lowest BCUT2D eigenvalue weighted by atomic mass is 9.81. The van der Waals surface area contributed by atoms with E-state index in [1.54, 1.807) is 41.3 Å². The summed E-state index contributed by atoms with van der Waals surface area (Å²) in [7, 11) is 1.84. The minimum atomic E-state index is -0.626. The van der Waals surface area contributed by atoms with Gasteiger partial charge in [0.2, 0.25) is 5.91 Å². The Kier molecular flexibility index (Phi) is 6.13. The molecule has 32 heavy (non-hydrogen) atoms. The molecule has 10 nitrogen and oxygen atoms in total. The smallest absolute Gasteiger partial charge is 0.327 e. The molecule has 0 aromatic carbocycles. The lowest BCUT2D eigenvalue weighted by molar-refractivity contribution is -0.133. The number of hydrogen-bond donors (Lipinski definition) is 2. The number of pyridine rings is 2. The molecule has 0 radical (unpaired) electrons. The monoisotopic (exact) mass is 436 g/mol. The SMILES string of the molecule is Cn1cc(-c2cc(Oc3ccc(NC(=O)NC(=O)C4(C)CCOCC4)nc3)ccn2)cn1. The Balaban J connectivity index is 1.34. The molecule has 1 aliphatic heterocycles. The topological polar surface area (TPSA) is 120 Å². The lowest BCUT2D eigenvalue weighted by Crippen LogP contribution is -2.46. The summed E-state index contributed by atoms with van der Waals surface area (Å²) in [5, 5.41) is 9.10. The van der Waals surface area contributed by atoms with Crippen molar-refractivity contribution in [3.8, 4) is 22.8 Å². The fourth-order valence-electron chi connectivity index (χ4n) is 3.29. The fourth-order valence-corrected chi connectivity index (χ4v) is 3.29. The van der Waals surface area contributed by atoms with Crippen molar-refractivity contribution >= 4 is 17.8 Å². The minimum absolute atomic E-state index is 0.297. The number of amides is 3. The van der Waals surface area contributed by atoms with Gasteiger partial charge in [-0.3, -0.25) is 25.1 Å². The number of rotatable bonds is 5. The van der Waals surface area contributed by atoms with Crippen molar-refractivity contribution in [2.45, 2.75) is 19.8 Å². The van der Waals surface area contributed by atoms with Crippen LogP contribution in [0.2, 0.25) is 0 Å². The summed E-state index contributed by atoms with van der Waals surface area (Å²) in [6, 6.07) is 6.19. The van der Waals surface area contributed by atoms with Gasteiger partial charge < -0.3 is 9.47 Å². The van der Waals surface area contributed by atoms with E-state index in [-0.39, 0.29) is 5.91 Å². The van der Waals surface area contributed by atoms with Crippen LogP contribution >= 0.6 is 0 Å². The number of anilines is 1. The zero-order valence-corrected chi connectivity index (χ0v) is 17.9. The molecule has 0 aliphatic carbocycles. The molecule has 2 N–H and O–H groups in total. The maximum absolute atomic E-state index is 12.4. The molecule has 4 heterocycles. The normalized spacial score (nSPS) is 15.1. The first-order valence-corrected chi connectivity index (χ1v) is 10.2. The van der Waals surface area contributed by atoms with E-state index in [1.165, 1.54) is 6.20 Å². The third kappa shape index (κ3) is 5.09. The lowest BCUT2D eigenvalue weighted by Gasteiger charge is -2.31. The summed E-state index contributed by atoms with van der Waals surface area (Å²) in [6.07, 6.45) is 7.89. The van der Waals surface area contributed by atoms with E-state index in [1.807, 2.05) is 20.2 Å². The second-order valence-corrected chi connectivity index (χ2v) is 7.84. The van der Waals surface area contributed by atoms with E-state index in [9.17, 15) is 9.59 Å². The van der Waals surface area contributed by atoms with Crippen LogP contribution in [0.3, 0.4) is 0 Å². The van der Waals surface area contributed by atoms with Gasteiger partial charge in [-0.15, -0.1) is 0 Å². The van der Waals surface area contributed by atoms with E-state index in [2.05, 4.69) is 25.7 Å². The molecular weight excluding hydrogens is 412 g/mol. The number of carbonyl (C=O) groups excluding carboxylic acids is 2. The van der Waals surface area contributed by atoms with Gasteiger partial charge in [-0.25, -0.2) is 9.78 Å². The Morgan fingerprint density at radius 3 is 2.62 bits per heavy atom. The maximum atomic E-state index is 12.4. The predicted molar refractivity (Wildman–Crippen MR) is 116 cm³/mol. The van der Waals surface area contributed by atoms with Gasteiger partial charge in [-0.1, -0.05) is 6.92 Å². The molecule has 1 saturated heterocycles. The van der Waals surface area contributed by atoms with E-state index in [4.69, 9.17) is 9.47 Å². The number of nitrogens with zero attached hydrogens (tertiary/aromatic N) is 4. The van der Waals surface area contributed by atoms with Gasteiger partial charge in [0, 0.05) is 44.3 Å². The number of aromatic nitrogens is 4. The van der Waals surface area contributed by atoms with Crippen molar-refractivity contribution in [3.63, 3.8) is 0 Å². The predicted octanol–water partition coefficient (Wildman–Crippen LogP) is 3.13. The van der Waals surface area contributed by atoms with Crippen molar-refractivity contribution in [1.29, 1.82) is 0 Å². The molecule has 0 atom stereocenters. The molecule has 0 bridgehead atoms. The molecule has 1 aliphatic rings. The van der Waals surface area contributed by atoms with Crippen LogP contribution < -0.4 is 15.4 Å². The highest BCUT2D eigenvalue weighted by molar-refractivity contribution is 6.02. The molecule has 3 amide bonds. The molecule has 0 unspecified atom stereocenters. The summed E-state index contributed by atoms with van der Waals surface area (Å²) in [5.41, 5.74) is 1.01. The zero-order chi connectivity index (χ0) is 22.6. The highest BCUT2D eigenvalue weighted by Crippen LogP contribution is 2.30. The zero-order valence-electron chi connectivity index (χ0n) is 17.9. The number of ether oxygens (including phenoxy) is 2. The van der Waals surface area contributed by atoms with E-state index in [0.717, 1.165) is 11.3 Å². The van der Waals surface area contributed by atoms with Crippen LogP contribution in [0, 0.1) is 5.41 Å². The molecular formula is C22H24N6O4. The van der Waals surface area contributed by atoms with Crippen molar-refractivity contribution in [1.82, 2.24) is 25.1 Å². The van der Waals surface area contributed by atoms with Crippen LogP contribution in [0.4, 0.5) is 10.6 Å². The molecule has 4 rings (SSSR count). The van der Waals surface area contributed by atoms with E-state index < -0.39 is 11.4 Å². The van der Waals surface area contributed by atoms with Crippen LogP contribution in [-0.4, -0.2) is 44.9 Å². The molecule has 1 fully saturated rings. The van der Waals surface area contributed by atoms with Crippen LogP contribution in [0.15, 0.2) is 49.1 Å². The van der Waals surface area contributed by atoms with E-state index >= 15 is 0 Å². The highest BCUT2D eigenvalue weighted by Gasteiger charge is 2.36. The fraction of sp³-hybridized carbons (Fsp3) is 0.318. The Labute approximate surface area is 185 Å². The second-order valence-electron chi connectivity index (χ2n) is 7.84. The number of urea groups is 1. The van der Waals surface area contributed by atoms with Crippen LogP contribution in [0.1, 0.15) is 19.8 Å². The number of imide groups is 1. The van der Waals surface area contributed by atoms with Gasteiger partial charge in [-0.2, -0.15) is 5.10 Å². The number of hydrogen-bond acceptors (Lipinski definition) is 7. The number of carbonyl (C=O) groups is 2. The summed E-state index contributed by atoms with van der Waals surface area (Å²) in [4.78, 5) is 33.1. The van der Waals surface area contributed by atoms with Gasteiger partial charge >= 0.3 is 6.03 Å². The molecule has 0 spiro atoms. The van der Waals surface area contributed by atoms with Crippen molar-refractivity contribution in [3.05, 3.63) is 49.1 Å². The van der Waals surface area contributed by atoms with Gasteiger partial charge in [0.15, 0.2) is 0 Å². The van der Waals surface area contributed by atoms with Crippen molar-refractivity contribution < 1.29 is 19.1 Å². The Bertz CT molecular complexity index is 1110. The van der Waals surface area contributed by atoms with Crippen LogP contribution in [-0.2, 0) is 16.6 Å². The third-order valence-electron chi connectivity index (χ3n) is 5.32. The summed E-state index contributed by atoms with van der Waals surface area (Å²) in [6.45, 7) is 2.85. The standard InChI is InChI=1S/C22H24N6O4/c1-22(6-9-31-10-7-22)20(29)27-21(30)26-19-4-3-17(13-24-19)32-16-5-8-23-18(11-16)15-12-25-28(2)14-15/h3-5,8,11-14H,6-7,9-10H2,1-2H3,(H2,24,26,27,29,30). The number of nitrogens with one attached hydrogen (secondary N) is 2. The quantitative estimate of drug-likeness (QED) is 0.630. The summed E-state index contributed by atoms with van der Waals surface area (Å²) < 4.78 is 12.8. The summed E-state index contributed by atoms with van der Waals surface area (Å²) in [5.74, 6) is 1.06. The van der Waals surface area contributed by atoms with Gasteiger partial charge in [0.1, 0.15) is 17.3 Å². The molecule has 3 aromatic heterocycles. The highest BCUT2D eigenvalue weighted by atomic mass is 16.5. The Morgan fingerprint density at radius 2 is 1.94 bits per heavy atom. The molecule has 3 aromatic rings. The van der Waals surface area contributed by atoms with Crippen molar-refractivity contribution in [2.75, 3.05) is 18.5 Å². The van der Waals surface area contributed by atoms with Crippen LogP contribution in [0.25, 0.3) is 11.3 Å². The molecule has 166 valence electrons. The first kappa shape index (κ1) is 21.4. The second kappa shape index (κ2) is 9.15. The Morgan fingerprint density at radius 1 is 1.12 bits per heavy atom. The minimum Gasteiger partial charge on any atom is -0.456 e. The first-order valence-electron chi connectivity index (χ1n) is 10.2. The average Bonchev–Trinajstić information content (AvgIpc) is 3.22. The van der Waals surface area contributed by atoms with Crippen LogP contribution in [0.5, 0.6) is 11.5 Å². The molecule has 10 heteroatoms. The van der Waals surface area contributed by atoms with Crippen molar-refractivity contribution in [2.24, 2.45) is 12.5 Å². The summed E-state index contributed by atoms with van der Waals surface area (Å²) >= 11 is 0. The van der Waals surface area contributed by atoms with Gasteiger partial charge in [0.25, 0.3) is 0 Å². The number of aryl methyl sites for hydroxylation is 1. The largest absolute Gasteiger partial charge is 0.456 e. The first-order chi connectivity index (χ1) is 15.4. The van der Waals surface area contributed by atoms with Gasteiger partial charge in [-0.05, 0) is 31.0 Å². The average molecular weight is 436 g/mol. The van der Waals surface area contributed by atoms with E-state index in [0.29, 0.717) is 43.4 Å². The Hall–Kier alpha value is -3.79. The molecule has 0 saturated carbocycles. The van der Waals surface area contributed by atoms with Gasteiger partial charge in [0.05, 0.1) is 23.5 Å².